The molecule has 0 atom stereocenters. The number of halogens is 4. The lowest BCUT2D eigenvalue weighted by atomic mass is 10.1. The number of carbonyl (C=O) groups is 1. The molecule has 29 heavy (non-hydrogen) atoms. The predicted octanol–water partition coefficient (Wildman–Crippen LogP) is 4.93. The molecule has 5 nitrogen and oxygen atoms in total. The van der Waals surface area contributed by atoms with Gasteiger partial charge in [-0.2, -0.15) is 13.2 Å². The molecule has 0 aliphatic carbocycles. The second kappa shape index (κ2) is 9.73. The summed E-state index contributed by atoms with van der Waals surface area (Å²) in [5.41, 5.74) is 2.03. The van der Waals surface area contributed by atoms with E-state index in [4.69, 9.17) is 21.1 Å². The van der Waals surface area contributed by atoms with Crippen molar-refractivity contribution in [2.75, 3.05) is 38.0 Å². The quantitative estimate of drug-likeness (QED) is 0.645. The van der Waals surface area contributed by atoms with Crippen LogP contribution in [-0.4, -0.2) is 39.9 Å². The highest BCUT2D eigenvalue weighted by Gasteiger charge is 2.29. The van der Waals surface area contributed by atoms with Crippen molar-refractivity contribution < 1.29 is 27.4 Å². The summed E-state index contributed by atoms with van der Waals surface area (Å²) in [7, 11) is 4.99. The van der Waals surface area contributed by atoms with Gasteiger partial charge >= 0.3 is 6.18 Å². The van der Waals surface area contributed by atoms with Crippen molar-refractivity contribution in [3.8, 4) is 11.5 Å². The predicted molar refractivity (Wildman–Crippen MR) is 107 cm³/mol. The number of aryl methyl sites for hydroxylation is 1. The van der Waals surface area contributed by atoms with Crippen molar-refractivity contribution in [3.63, 3.8) is 0 Å². The number of hydrogen-bond acceptors (Lipinski definition) is 4. The molecule has 0 heterocycles. The monoisotopic (exact) mass is 430 g/mol. The molecule has 0 bridgehead atoms. The third-order valence-corrected chi connectivity index (χ3v) is 4.27. The molecule has 0 aliphatic rings. The summed E-state index contributed by atoms with van der Waals surface area (Å²) < 4.78 is 46.8. The molecule has 1 N–H and O–H groups in total. The van der Waals surface area contributed by atoms with E-state index in [1.807, 2.05) is 19.0 Å². The van der Waals surface area contributed by atoms with E-state index in [0.717, 1.165) is 5.56 Å². The number of alkyl halides is 3. The van der Waals surface area contributed by atoms with Gasteiger partial charge in [-0.15, -0.1) is 0 Å². The van der Waals surface area contributed by atoms with Crippen LogP contribution < -0.4 is 19.7 Å². The van der Waals surface area contributed by atoms with Crippen molar-refractivity contribution >= 4 is 28.9 Å². The Balaban J connectivity index is 2.01. The first-order valence-electron chi connectivity index (χ1n) is 8.73. The lowest BCUT2D eigenvalue weighted by Gasteiger charge is -2.19. The van der Waals surface area contributed by atoms with Gasteiger partial charge in [-0.1, -0.05) is 23.7 Å². The Morgan fingerprint density at radius 2 is 1.90 bits per heavy atom. The van der Waals surface area contributed by atoms with Crippen LogP contribution >= 0.6 is 11.6 Å². The molecule has 0 radical (unpaired) electrons. The third-order valence-electron chi connectivity index (χ3n) is 3.97. The van der Waals surface area contributed by atoms with Crippen LogP contribution in [0.1, 0.15) is 12.0 Å². The second-order valence-corrected chi connectivity index (χ2v) is 6.87. The zero-order valence-electron chi connectivity index (χ0n) is 16.3. The maximum atomic E-state index is 12.4. The fraction of sp³-hybridized carbons (Fsp3) is 0.350. The third kappa shape index (κ3) is 6.74. The number of para-hydroxylation sites is 1. The molecule has 0 aliphatic heterocycles. The van der Waals surface area contributed by atoms with Crippen LogP contribution in [0.15, 0.2) is 36.4 Å². The minimum atomic E-state index is -4.44. The highest BCUT2D eigenvalue weighted by molar-refractivity contribution is 6.34. The molecule has 0 spiro atoms. The molecule has 0 fully saturated rings. The average Bonchev–Trinajstić information content (AvgIpc) is 2.64. The number of amides is 1. The summed E-state index contributed by atoms with van der Waals surface area (Å²) in [4.78, 5) is 14.2. The van der Waals surface area contributed by atoms with Crippen LogP contribution in [0.5, 0.6) is 11.5 Å². The number of ether oxygens (including phenoxy) is 2. The smallest absolute Gasteiger partial charge is 0.422 e. The van der Waals surface area contributed by atoms with Crippen molar-refractivity contribution in [2.24, 2.45) is 0 Å². The number of carbonyl (C=O) groups excluding carboxylic acids is 1. The molecule has 9 heteroatoms. The van der Waals surface area contributed by atoms with Crippen molar-refractivity contribution in [3.05, 3.63) is 47.0 Å². The molecule has 0 unspecified atom stereocenters. The number of hydrogen-bond donors (Lipinski definition) is 1. The van der Waals surface area contributed by atoms with Gasteiger partial charge in [-0.3, -0.25) is 4.79 Å². The largest absolute Gasteiger partial charge is 0.493 e. The Morgan fingerprint density at radius 3 is 2.52 bits per heavy atom. The Bertz CT molecular complexity index is 857. The standard InChI is InChI=1S/C20H22ClF3N2O3/c1-26(2)19-14(21)5-4-6-15(19)25-18(27)10-8-13-7-9-16(17(11-13)28-3)29-12-20(22,23)24/h4-7,9,11H,8,10,12H2,1-3H3,(H,25,27). The number of anilines is 2. The average molecular weight is 431 g/mol. The fourth-order valence-corrected chi connectivity index (χ4v) is 3.03. The minimum absolute atomic E-state index is 0.00687. The van der Waals surface area contributed by atoms with E-state index in [-0.39, 0.29) is 23.8 Å². The van der Waals surface area contributed by atoms with Gasteiger partial charge in [-0.25, -0.2) is 0 Å². The number of nitrogens with zero attached hydrogens (tertiary/aromatic N) is 1. The van der Waals surface area contributed by atoms with Crippen molar-refractivity contribution in [1.82, 2.24) is 0 Å². The van der Waals surface area contributed by atoms with Crippen molar-refractivity contribution in [2.45, 2.75) is 19.0 Å². The van der Waals surface area contributed by atoms with E-state index in [1.165, 1.54) is 13.2 Å². The summed E-state index contributed by atoms with van der Waals surface area (Å²) in [5, 5.41) is 3.35. The van der Waals surface area contributed by atoms with E-state index in [0.29, 0.717) is 22.8 Å². The summed E-state index contributed by atoms with van der Waals surface area (Å²) in [5.74, 6) is -0.0452. The minimum Gasteiger partial charge on any atom is -0.493 e. The summed E-state index contributed by atoms with van der Waals surface area (Å²) in [6.45, 7) is -1.40. The second-order valence-electron chi connectivity index (χ2n) is 6.47. The number of nitrogens with one attached hydrogen (secondary N) is 1. The highest BCUT2D eigenvalue weighted by Crippen LogP contribution is 2.33. The van der Waals surface area contributed by atoms with Crippen molar-refractivity contribution in [1.29, 1.82) is 0 Å². The number of benzene rings is 2. The van der Waals surface area contributed by atoms with E-state index in [1.54, 1.807) is 30.3 Å². The Hall–Kier alpha value is -2.61. The molecular weight excluding hydrogens is 409 g/mol. The first-order valence-corrected chi connectivity index (χ1v) is 9.10. The molecule has 0 saturated heterocycles. The Labute approximate surface area is 172 Å². The molecule has 2 aromatic rings. The maximum Gasteiger partial charge on any atom is 0.422 e. The zero-order valence-corrected chi connectivity index (χ0v) is 17.0. The molecular formula is C20H22ClF3N2O3. The SMILES string of the molecule is COc1cc(CCC(=O)Nc2cccc(Cl)c2N(C)C)ccc1OCC(F)(F)F. The van der Waals surface area contributed by atoms with Crippen LogP contribution in [0, 0.1) is 0 Å². The van der Waals surface area contributed by atoms with Crippen LogP contribution in [0.3, 0.4) is 0 Å². The molecule has 2 rings (SSSR count). The van der Waals surface area contributed by atoms with Crippen LogP contribution in [0.4, 0.5) is 24.5 Å². The van der Waals surface area contributed by atoms with E-state index in [2.05, 4.69) is 5.32 Å². The Morgan fingerprint density at radius 1 is 1.17 bits per heavy atom. The lowest BCUT2D eigenvalue weighted by Crippen LogP contribution is -2.19. The summed E-state index contributed by atoms with van der Waals surface area (Å²) in [6, 6.07) is 9.81. The summed E-state index contributed by atoms with van der Waals surface area (Å²) in [6.07, 6.45) is -3.89. The topological polar surface area (TPSA) is 50.8 Å². The van der Waals surface area contributed by atoms with Gasteiger partial charge in [0.25, 0.3) is 0 Å². The summed E-state index contributed by atoms with van der Waals surface area (Å²) >= 11 is 6.19. The fourth-order valence-electron chi connectivity index (χ4n) is 2.69. The molecule has 158 valence electrons. The van der Waals surface area contributed by atoms with Gasteiger partial charge in [-0.05, 0) is 36.2 Å². The van der Waals surface area contributed by atoms with Gasteiger partial charge < -0.3 is 19.7 Å². The van der Waals surface area contributed by atoms with E-state index < -0.39 is 12.8 Å². The first-order chi connectivity index (χ1) is 13.6. The highest BCUT2D eigenvalue weighted by atomic mass is 35.5. The van der Waals surface area contributed by atoms with Gasteiger partial charge in [0.05, 0.1) is 23.5 Å². The van der Waals surface area contributed by atoms with Crippen LogP contribution in [-0.2, 0) is 11.2 Å². The van der Waals surface area contributed by atoms with Crippen LogP contribution in [0.2, 0.25) is 5.02 Å². The van der Waals surface area contributed by atoms with E-state index >= 15 is 0 Å². The Kier molecular flexibility index (Phi) is 7.61. The molecule has 2 aromatic carbocycles. The normalized spacial score (nSPS) is 11.1. The number of rotatable bonds is 8. The molecule has 0 saturated carbocycles. The lowest BCUT2D eigenvalue weighted by molar-refractivity contribution is -0.153. The maximum absolute atomic E-state index is 12.4. The van der Waals surface area contributed by atoms with Gasteiger partial charge in [0, 0.05) is 20.5 Å². The number of methoxy groups -OCH3 is 1. The zero-order chi connectivity index (χ0) is 21.6. The van der Waals surface area contributed by atoms with Gasteiger partial charge in [0.15, 0.2) is 18.1 Å². The van der Waals surface area contributed by atoms with E-state index in [9.17, 15) is 18.0 Å². The molecule has 0 aromatic heterocycles. The molecule has 1 amide bonds. The first kappa shape index (κ1) is 22.7. The van der Waals surface area contributed by atoms with Crippen LogP contribution in [0.25, 0.3) is 0 Å². The van der Waals surface area contributed by atoms with Gasteiger partial charge in [0.2, 0.25) is 5.91 Å². The van der Waals surface area contributed by atoms with Gasteiger partial charge in [0.1, 0.15) is 0 Å².